The first-order chi connectivity index (χ1) is 17.8. The summed E-state index contributed by atoms with van der Waals surface area (Å²) in [7, 11) is 0. The summed E-state index contributed by atoms with van der Waals surface area (Å²) in [6.07, 6.45) is 0. The third-order valence-electron chi connectivity index (χ3n) is 6.87. The van der Waals surface area contributed by atoms with Crippen LogP contribution in [0.1, 0.15) is 11.1 Å². The molecule has 0 saturated heterocycles. The predicted molar refractivity (Wildman–Crippen MR) is 149 cm³/mol. The molecular weight excluding hydrogens is 442 g/mol. The minimum Gasteiger partial charge on any atom is -0.456 e. The average Bonchev–Trinajstić information content (AvgIpc) is 3.48. The minimum atomic E-state index is 0.533. The molecule has 36 heavy (non-hydrogen) atoms. The molecule has 172 valence electrons. The Bertz CT molecular complexity index is 1910. The van der Waals surface area contributed by atoms with E-state index in [0.717, 1.165) is 44.3 Å². The highest BCUT2D eigenvalue weighted by atomic mass is 16.3. The number of nitrogens with zero attached hydrogens (tertiary/aromatic N) is 2. The topological polar surface area (TPSA) is 56.4 Å². The van der Waals surface area contributed by atoms with E-state index in [9.17, 15) is 0 Å². The molecule has 7 rings (SSSR count). The zero-order valence-electron chi connectivity index (χ0n) is 19.6. The van der Waals surface area contributed by atoms with Crippen LogP contribution in [0.25, 0.3) is 49.4 Å². The zero-order chi connectivity index (χ0) is 24.1. The first kappa shape index (κ1) is 20.5. The molecular formula is C32H23N3O. The third kappa shape index (κ3) is 3.19. The molecule has 0 spiro atoms. The van der Waals surface area contributed by atoms with E-state index in [1.54, 1.807) is 0 Å². The quantitative estimate of drug-likeness (QED) is 0.215. The molecule has 0 radical (unpaired) electrons. The number of amidine groups is 1. The number of fused-ring (bicyclic) bond motifs is 7. The van der Waals surface area contributed by atoms with E-state index in [1.165, 1.54) is 16.3 Å². The van der Waals surface area contributed by atoms with Gasteiger partial charge < -0.3 is 14.7 Å². The van der Waals surface area contributed by atoms with Gasteiger partial charge in [0.25, 0.3) is 0 Å². The number of hydrogen-bond acceptors (Lipinski definition) is 2. The summed E-state index contributed by atoms with van der Waals surface area (Å²) >= 11 is 0. The number of aromatic nitrogens is 1. The van der Waals surface area contributed by atoms with E-state index >= 15 is 0 Å². The molecule has 0 bridgehead atoms. The van der Waals surface area contributed by atoms with Crippen LogP contribution in [-0.2, 0) is 6.54 Å². The molecule has 5 aromatic carbocycles. The van der Waals surface area contributed by atoms with E-state index in [0.29, 0.717) is 12.4 Å². The lowest BCUT2D eigenvalue weighted by Gasteiger charge is -2.10. The number of furan rings is 1. The number of aliphatic imine (C=N–C) groups is 1. The van der Waals surface area contributed by atoms with Gasteiger partial charge in [-0.2, -0.15) is 0 Å². The Morgan fingerprint density at radius 3 is 2.22 bits per heavy atom. The average molecular weight is 466 g/mol. The zero-order valence-corrected chi connectivity index (χ0v) is 19.6. The van der Waals surface area contributed by atoms with Gasteiger partial charge in [-0.05, 0) is 42.0 Å². The van der Waals surface area contributed by atoms with Gasteiger partial charge in [-0.3, -0.25) is 4.99 Å². The van der Waals surface area contributed by atoms with Crippen LogP contribution in [0.4, 0.5) is 0 Å². The standard InChI is InChI=1S/C32H23N3O/c33-32(22-8-2-1-3-9-22)34-20-21-14-16-23(17-15-21)35-27-12-6-4-10-24(27)25-18-19-29-30(31(25)35)26-11-5-7-13-28(26)36-29/h1-19H,20H2,(H2,33,34). The Morgan fingerprint density at radius 1 is 0.667 bits per heavy atom. The Labute approximate surface area is 207 Å². The fourth-order valence-corrected chi connectivity index (χ4v) is 5.16. The van der Waals surface area contributed by atoms with Crippen LogP contribution in [0.2, 0.25) is 0 Å². The lowest BCUT2D eigenvalue weighted by Crippen LogP contribution is -2.13. The molecule has 0 atom stereocenters. The van der Waals surface area contributed by atoms with Crippen molar-refractivity contribution in [3.63, 3.8) is 0 Å². The molecule has 2 aromatic heterocycles. The van der Waals surface area contributed by atoms with Crippen molar-refractivity contribution in [1.82, 2.24) is 4.57 Å². The first-order valence-corrected chi connectivity index (χ1v) is 12.1. The van der Waals surface area contributed by atoms with Crippen molar-refractivity contribution in [2.24, 2.45) is 10.7 Å². The lowest BCUT2D eigenvalue weighted by atomic mass is 10.1. The molecule has 0 amide bonds. The number of nitrogens with two attached hydrogens (primary N) is 1. The summed E-state index contributed by atoms with van der Waals surface area (Å²) in [5, 5.41) is 4.71. The van der Waals surface area contributed by atoms with Gasteiger partial charge >= 0.3 is 0 Å². The SMILES string of the molecule is N/C(=N\Cc1ccc(-n2c3ccccc3c3ccc4oc5ccccc5c4c32)cc1)c1ccccc1. The van der Waals surface area contributed by atoms with E-state index in [1.807, 2.05) is 42.5 Å². The van der Waals surface area contributed by atoms with Gasteiger partial charge in [0.05, 0.1) is 23.0 Å². The summed E-state index contributed by atoms with van der Waals surface area (Å²) in [6, 6.07) is 39.6. The summed E-state index contributed by atoms with van der Waals surface area (Å²) in [5.74, 6) is 0.552. The van der Waals surface area contributed by atoms with Crippen LogP contribution >= 0.6 is 0 Å². The Hall–Kier alpha value is -4.83. The minimum absolute atomic E-state index is 0.533. The number of rotatable bonds is 4. The van der Waals surface area contributed by atoms with Crippen LogP contribution in [-0.4, -0.2) is 10.4 Å². The fraction of sp³-hybridized carbons (Fsp3) is 0.0312. The second-order valence-corrected chi connectivity index (χ2v) is 9.02. The van der Waals surface area contributed by atoms with E-state index in [-0.39, 0.29) is 0 Å². The highest BCUT2D eigenvalue weighted by molar-refractivity contribution is 6.24. The van der Waals surface area contributed by atoms with Crippen LogP contribution in [0.3, 0.4) is 0 Å². The predicted octanol–water partition coefficient (Wildman–Crippen LogP) is 7.59. The van der Waals surface area contributed by atoms with Crippen LogP contribution in [0, 0.1) is 0 Å². The van der Waals surface area contributed by atoms with Crippen molar-refractivity contribution < 1.29 is 4.42 Å². The molecule has 0 aliphatic carbocycles. The monoisotopic (exact) mass is 465 g/mol. The second-order valence-electron chi connectivity index (χ2n) is 9.02. The van der Waals surface area contributed by atoms with Crippen molar-refractivity contribution in [3.05, 3.63) is 126 Å². The highest BCUT2D eigenvalue weighted by Gasteiger charge is 2.18. The van der Waals surface area contributed by atoms with Crippen molar-refractivity contribution in [2.45, 2.75) is 6.54 Å². The lowest BCUT2D eigenvalue weighted by molar-refractivity contribution is 0.669. The molecule has 0 fully saturated rings. The maximum absolute atomic E-state index is 6.22. The number of hydrogen-bond donors (Lipinski definition) is 1. The van der Waals surface area contributed by atoms with Gasteiger partial charge in [-0.25, -0.2) is 0 Å². The molecule has 4 heteroatoms. The molecule has 0 aliphatic heterocycles. The largest absolute Gasteiger partial charge is 0.456 e. The normalized spacial score (nSPS) is 12.3. The molecule has 0 saturated carbocycles. The van der Waals surface area contributed by atoms with Gasteiger partial charge in [0.2, 0.25) is 0 Å². The molecule has 7 aromatic rings. The van der Waals surface area contributed by atoms with E-state index in [2.05, 4.69) is 82.4 Å². The van der Waals surface area contributed by atoms with Gasteiger partial charge in [0.15, 0.2) is 0 Å². The van der Waals surface area contributed by atoms with Gasteiger partial charge in [0, 0.05) is 27.4 Å². The van der Waals surface area contributed by atoms with Crippen molar-refractivity contribution >= 4 is 49.6 Å². The third-order valence-corrected chi connectivity index (χ3v) is 6.87. The summed E-state index contributed by atoms with van der Waals surface area (Å²) in [5.41, 5.74) is 13.5. The summed E-state index contributed by atoms with van der Waals surface area (Å²) in [6.45, 7) is 0.533. The number of benzene rings is 5. The molecule has 0 unspecified atom stereocenters. The Morgan fingerprint density at radius 2 is 1.39 bits per heavy atom. The second kappa shape index (κ2) is 8.14. The molecule has 2 N–H and O–H groups in total. The van der Waals surface area contributed by atoms with Crippen molar-refractivity contribution in [2.75, 3.05) is 0 Å². The Kier molecular flexibility index (Phi) is 4.64. The summed E-state index contributed by atoms with van der Waals surface area (Å²) < 4.78 is 8.56. The van der Waals surface area contributed by atoms with Gasteiger partial charge in [0.1, 0.15) is 17.0 Å². The maximum Gasteiger partial charge on any atom is 0.137 e. The van der Waals surface area contributed by atoms with Crippen molar-refractivity contribution in [1.29, 1.82) is 0 Å². The fourth-order valence-electron chi connectivity index (χ4n) is 5.16. The smallest absolute Gasteiger partial charge is 0.137 e. The van der Waals surface area contributed by atoms with Crippen molar-refractivity contribution in [3.8, 4) is 5.69 Å². The van der Waals surface area contributed by atoms with Crippen LogP contribution in [0.5, 0.6) is 0 Å². The first-order valence-electron chi connectivity index (χ1n) is 12.1. The molecule has 0 aliphatic rings. The van der Waals surface area contributed by atoms with Crippen LogP contribution in [0.15, 0.2) is 125 Å². The molecule has 4 nitrogen and oxygen atoms in total. The van der Waals surface area contributed by atoms with Gasteiger partial charge in [-0.1, -0.05) is 78.9 Å². The van der Waals surface area contributed by atoms with Gasteiger partial charge in [-0.15, -0.1) is 0 Å². The summed E-state index contributed by atoms with van der Waals surface area (Å²) in [4.78, 5) is 4.60. The molecule has 2 heterocycles. The van der Waals surface area contributed by atoms with Crippen LogP contribution < -0.4 is 5.73 Å². The maximum atomic E-state index is 6.22. The highest BCUT2D eigenvalue weighted by Crippen LogP contribution is 2.40. The Balaban J connectivity index is 1.39. The van der Waals surface area contributed by atoms with E-state index in [4.69, 9.17) is 10.2 Å². The number of para-hydroxylation sites is 2. The van der Waals surface area contributed by atoms with E-state index < -0.39 is 0 Å².